The number of esters is 1. The number of nitrogens with zero attached hydrogens (tertiary/aromatic N) is 2. The van der Waals surface area contributed by atoms with Gasteiger partial charge in [-0.05, 0) is 43.3 Å². The van der Waals surface area contributed by atoms with Crippen LogP contribution in [0.3, 0.4) is 0 Å². The number of carbonyl (C=O) groups is 1. The predicted octanol–water partition coefficient (Wildman–Crippen LogP) is 4.14. The molecule has 2 aromatic carbocycles. The lowest BCUT2D eigenvalue weighted by Crippen LogP contribution is -2.21. The molecule has 0 bridgehead atoms. The smallest absolute Gasteiger partial charge is 0.340 e. The average molecular weight is 400 g/mol. The number of hydrogen-bond donors (Lipinski definition) is 0. The molecule has 2 heterocycles. The highest BCUT2D eigenvalue weighted by molar-refractivity contribution is 6.04. The van der Waals surface area contributed by atoms with Crippen LogP contribution in [0.4, 0.5) is 0 Å². The van der Waals surface area contributed by atoms with Crippen molar-refractivity contribution in [2.24, 2.45) is 0 Å². The van der Waals surface area contributed by atoms with E-state index in [2.05, 4.69) is 4.98 Å². The molecule has 0 amide bonds. The summed E-state index contributed by atoms with van der Waals surface area (Å²) in [5.74, 6) is 0.209. The summed E-state index contributed by atoms with van der Waals surface area (Å²) in [5, 5.41) is 1.00. The number of fused-ring (bicyclic) bond motifs is 1. The van der Waals surface area contributed by atoms with Crippen molar-refractivity contribution in [1.82, 2.24) is 9.55 Å². The highest BCUT2D eigenvalue weighted by atomic mass is 16.5. The molecular weight excluding hydrogens is 380 g/mol. The van der Waals surface area contributed by atoms with Crippen LogP contribution in [0, 0.1) is 0 Å². The third kappa shape index (κ3) is 3.93. The summed E-state index contributed by atoms with van der Waals surface area (Å²) in [5.41, 5.74) is 1.53. The van der Waals surface area contributed by atoms with Crippen LogP contribution >= 0.6 is 0 Å². The topological polar surface area (TPSA) is 70.4 Å². The van der Waals surface area contributed by atoms with Crippen LogP contribution < -0.4 is 10.3 Å². The normalized spacial score (nSPS) is 10.7. The molecule has 0 aliphatic rings. The number of rotatable bonds is 6. The molecule has 0 saturated carbocycles. The van der Waals surface area contributed by atoms with Crippen molar-refractivity contribution >= 4 is 16.7 Å². The standard InChI is InChI=1S/C24H20N2O4/c1-2-29-19-11-9-18(10-12-19)26-15-22(20-7-3-4-8-21(20)23(26)27)24(28)30-16-17-6-5-13-25-14-17/h3-15H,2,16H2,1H3. The number of carbonyl (C=O) groups excluding carboxylic acids is 1. The van der Waals surface area contributed by atoms with Crippen molar-refractivity contribution in [3.05, 3.63) is 101 Å². The van der Waals surface area contributed by atoms with Gasteiger partial charge in [0.15, 0.2) is 0 Å². The monoisotopic (exact) mass is 400 g/mol. The molecule has 0 aliphatic heterocycles. The largest absolute Gasteiger partial charge is 0.494 e. The Morgan fingerprint density at radius 2 is 1.77 bits per heavy atom. The van der Waals surface area contributed by atoms with Crippen LogP contribution in [0.25, 0.3) is 16.5 Å². The summed E-state index contributed by atoms with van der Waals surface area (Å²) < 4.78 is 12.4. The average Bonchev–Trinajstić information content (AvgIpc) is 2.79. The first kappa shape index (κ1) is 19.4. The van der Waals surface area contributed by atoms with Gasteiger partial charge in [-0.15, -0.1) is 0 Å². The third-order valence-electron chi connectivity index (χ3n) is 4.66. The molecular formula is C24H20N2O4. The summed E-state index contributed by atoms with van der Waals surface area (Å²) in [6.45, 7) is 2.57. The summed E-state index contributed by atoms with van der Waals surface area (Å²) in [6.07, 6.45) is 4.84. The maximum atomic E-state index is 13.1. The Kier molecular flexibility index (Phi) is 5.57. The molecule has 4 aromatic rings. The number of aromatic nitrogens is 2. The molecule has 0 radical (unpaired) electrons. The molecule has 6 heteroatoms. The second-order valence-electron chi connectivity index (χ2n) is 6.63. The van der Waals surface area contributed by atoms with Crippen LogP contribution in [0.1, 0.15) is 22.8 Å². The van der Waals surface area contributed by atoms with Crippen LogP contribution in [0.5, 0.6) is 5.75 Å². The van der Waals surface area contributed by atoms with E-state index in [1.165, 1.54) is 10.8 Å². The lowest BCUT2D eigenvalue weighted by Gasteiger charge is -2.13. The zero-order valence-corrected chi connectivity index (χ0v) is 16.4. The van der Waals surface area contributed by atoms with Gasteiger partial charge >= 0.3 is 5.97 Å². The fourth-order valence-electron chi connectivity index (χ4n) is 3.23. The molecule has 30 heavy (non-hydrogen) atoms. The minimum Gasteiger partial charge on any atom is -0.494 e. The van der Waals surface area contributed by atoms with Crippen molar-refractivity contribution in [3.8, 4) is 11.4 Å². The second-order valence-corrected chi connectivity index (χ2v) is 6.63. The maximum Gasteiger partial charge on any atom is 0.340 e. The molecule has 6 nitrogen and oxygen atoms in total. The Hall–Kier alpha value is -3.93. The van der Waals surface area contributed by atoms with Crippen molar-refractivity contribution in [3.63, 3.8) is 0 Å². The van der Waals surface area contributed by atoms with Gasteiger partial charge in [0.05, 0.1) is 12.2 Å². The second kappa shape index (κ2) is 8.61. The summed E-state index contributed by atoms with van der Waals surface area (Å²) in [6, 6.07) is 17.8. The fourth-order valence-corrected chi connectivity index (χ4v) is 3.23. The van der Waals surface area contributed by atoms with Gasteiger partial charge in [-0.1, -0.05) is 24.3 Å². The predicted molar refractivity (Wildman–Crippen MR) is 114 cm³/mol. The van der Waals surface area contributed by atoms with E-state index in [4.69, 9.17) is 9.47 Å². The van der Waals surface area contributed by atoms with Crippen molar-refractivity contribution < 1.29 is 14.3 Å². The molecule has 0 atom stereocenters. The first-order valence-electron chi connectivity index (χ1n) is 9.61. The zero-order valence-electron chi connectivity index (χ0n) is 16.4. The summed E-state index contributed by atoms with van der Waals surface area (Å²) in [7, 11) is 0. The molecule has 150 valence electrons. The Bertz CT molecular complexity index is 1230. The highest BCUT2D eigenvalue weighted by Gasteiger charge is 2.17. The van der Waals surface area contributed by atoms with E-state index in [-0.39, 0.29) is 12.2 Å². The van der Waals surface area contributed by atoms with E-state index in [0.29, 0.717) is 34.4 Å². The van der Waals surface area contributed by atoms with E-state index in [1.807, 2.05) is 13.0 Å². The van der Waals surface area contributed by atoms with Crippen molar-refractivity contribution in [2.45, 2.75) is 13.5 Å². The first-order valence-corrected chi connectivity index (χ1v) is 9.61. The molecule has 0 spiro atoms. The van der Waals surface area contributed by atoms with Gasteiger partial charge < -0.3 is 9.47 Å². The van der Waals surface area contributed by atoms with Crippen LogP contribution in [-0.2, 0) is 11.3 Å². The van der Waals surface area contributed by atoms with Gasteiger partial charge in [-0.25, -0.2) is 4.79 Å². The van der Waals surface area contributed by atoms with Gasteiger partial charge in [0.1, 0.15) is 12.4 Å². The molecule has 0 unspecified atom stereocenters. The lowest BCUT2D eigenvalue weighted by molar-refractivity contribution is 0.0474. The van der Waals surface area contributed by atoms with E-state index in [0.717, 1.165) is 5.56 Å². The van der Waals surface area contributed by atoms with E-state index < -0.39 is 5.97 Å². The Morgan fingerprint density at radius 3 is 2.47 bits per heavy atom. The number of benzene rings is 2. The van der Waals surface area contributed by atoms with Crippen molar-refractivity contribution in [2.75, 3.05) is 6.61 Å². The quantitative estimate of drug-likeness (QED) is 0.455. The van der Waals surface area contributed by atoms with Gasteiger partial charge in [0.25, 0.3) is 5.56 Å². The number of pyridine rings is 2. The van der Waals surface area contributed by atoms with Crippen LogP contribution in [0.15, 0.2) is 84.0 Å². The SMILES string of the molecule is CCOc1ccc(-n2cc(C(=O)OCc3cccnc3)c3ccccc3c2=O)cc1. The minimum absolute atomic E-state index is 0.100. The zero-order chi connectivity index (χ0) is 20.9. The third-order valence-corrected chi connectivity index (χ3v) is 4.66. The molecule has 2 aromatic heterocycles. The van der Waals surface area contributed by atoms with Crippen LogP contribution in [0.2, 0.25) is 0 Å². The van der Waals surface area contributed by atoms with Crippen LogP contribution in [-0.4, -0.2) is 22.1 Å². The Labute approximate surface area is 173 Å². The van der Waals surface area contributed by atoms with Gasteiger partial charge in [-0.3, -0.25) is 14.3 Å². The summed E-state index contributed by atoms with van der Waals surface area (Å²) in [4.78, 5) is 30.0. The Morgan fingerprint density at radius 1 is 1.00 bits per heavy atom. The van der Waals surface area contributed by atoms with Gasteiger partial charge in [0, 0.05) is 40.6 Å². The molecule has 0 N–H and O–H groups in total. The van der Waals surface area contributed by atoms with E-state index >= 15 is 0 Å². The van der Waals surface area contributed by atoms with Crippen molar-refractivity contribution in [1.29, 1.82) is 0 Å². The highest BCUT2D eigenvalue weighted by Crippen LogP contribution is 2.20. The molecule has 4 rings (SSSR count). The minimum atomic E-state index is -0.505. The Balaban J connectivity index is 1.74. The van der Waals surface area contributed by atoms with E-state index in [9.17, 15) is 9.59 Å². The lowest BCUT2D eigenvalue weighted by atomic mass is 10.1. The van der Waals surface area contributed by atoms with Gasteiger partial charge in [-0.2, -0.15) is 0 Å². The fraction of sp³-hybridized carbons (Fsp3) is 0.125. The number of hydrogen-bond acceptors (Lipinski definition) is 5. The molecule has 0 aliphatic carbocycles. The molecule has 0 saturated heterocycles. The van der Waals surface area contributed by atoms with Gasteiger partial charge in [0.2, 0.25) is 0 Å². The number of ether oxygens (including phenoxy) is 2. The maximum absolute atomic E-state index is 13.1. The van der Waals surface area contributed by atoms with E-state index in [1.54, 1.807) is 67.0 Å². The molecule has 0 fully saturated rings. The summed E-state index contributed by atoms with van der Waals surface area (Å²) >= 11 is 0. The first-order chi connectivity index (χ1) is 14.7.